The average Bonchev–Trinajstić information content (AvgIpc) is 3.35. The highest BCUT2D eigenvalue weighted by molar-refractivity contribution is 6.18. The number of allylic oxidation sites excluding steroid dienone is 1. The van der Waals surface area contributed by atoms with Crippen molar-refractivity contribution in [3.8, 4) is 28.4 Å². The van der Waals surface area contributed by atoms with Crippen LogP contribution in [0, 0.1) is 17.8 Å². The fourth-order valence-electron chi connectivity index (χ4n) is 10.5. The summed E-state index contributed by atoms with van der Waals surface area (Å²) in [5.41, 5.74) is 5.12. The van der Waals surface area contributed by atoms with Gasteiger partial charge in [-0.3, -0.25) is 4.90 Å². The molecule has 68 heavy (non-hydrogen) atoms. The number of unbranched alkanes of at least 4 members (excludes halogenated alkanes) is 2. The van der Waals surface area contributed by atoms with Gasteiger partial charge < -0.3 is 34.0 Å². The smallest absolute Gasteiger partial charge is 0.410 e. The number of nitrogens with zero attached hydrogens (tertiary/aromatic N) is 2. The molecule has 0 saturated heterocycles. The fourth-order valence-corrected chi connectivity index (χ4v) is 10.6. The first-order valence-corrected chi connectivity index (χ1v) is 24.7. The van der Waals surface area contributed by atoms with Gasteiger partial charge in [0.15, 0.2) is 0 Å². The third-order valence-electron chi connectivity index (χ3n) is 13.4. The molecule has 10 nitrogen and oxygen atoms in total. The Labute approximate surface area is 406 Å². The first-order chi connectivity index (χ1) is 33.1. The lowest BCUT2D eigenvalue weighted by molar-refractivity contribution is -0.256. The molecule has 1 aliphatic heterocycles. The molecule has 0 radical (unpaired) electrons. The Morgan fingerprint density at radius 3 is 2.32 bits per heavy atom. The van der Waals surface area contributed by atoms with E-state index in [1.165, 1.54) is 0 Å². The summed E-state index contributed by atoms with van der Waals surface area (Å²) in [4.78, 5) is 22.9. The number of amides is 1. The van der Waals surface area contributed by atoms with Crippen LogP contribution >= 0.6 is 11.6 Å². The number of benzene rings is 5. The summed E-state index contributed by atoms with van der Waals surface area (Å²) in [6, 6.07) is 37.8. The first-order valence-electron chi connectivity index (χ1n) is 24.1. The Bertz CT molecular complexity index is 2550. The lowest BCUT2D eigenvalue weighted by Crippen LogP contribution is -2.70. The van der Waals surface area contributed by atoms with Crippen LogP contribution in [0.25, 0.3) is 21.9 Å². The van der Waals surface area contributed by atoms with E-state index in [0.717, 1.165) is 64.3 Å². The van der Waals surface area contributed by atoms with Gasteiger partial charge in [-0.2, -0.15) is 0 Å². The fraction of sp³-hybridized carbons (Fsp3) is 0.404. The standard InChI is InChI=1S/C57H65ClN2O8/c1-5-33-65-57-52(60(55(63)64-34-30-58)38-43-21-15-20-41-18-9-10-22-46(41)43)37-50(59-68-56(2,3)4)48-35-42(19-11-13-31-61)47(23-12-14-32-62)53(54(48)57)49-36-45(28-29-51(49)67-57)66-44-26-24-40(25-27-44)39-16-7-6-8-17-39/h5-10,15-18,20-22,24-29,35-36,42,47,52-54,61-62H,1,11-14,19,23,30-34,37-38H2,2-4H3. The SMILES string of the molecule is C=CCOC12Oc3ccc(Oc4ccc(-c5ccccc5)cc4)cc3C3C(CCCCO)C(CCCCO)C=C(C(=NOC(C)(C)C)CC1N(Cc1cccc4ccccc14)C(=O)OCCCl)C32. The van der Waals surface area contributed by atoms with E-state index >= 15 is 0 Å². The largest absolute Gasteiger partial charge is 0.459 e. The van der Waals surface area contributed by atoms with Crippen LogP contribution in [0.3, 0.4) is 0 Å². The predicted octanol–water partition coefficient (Wildman–Crippen LogP) is 12.6. The van der Waals surface area contributed by atoms with Crippen LogP contribution in [-0.2, 0) is 20.9 Å². The van der Waals surface area contributed by atoms with Crippen LogP contribution in [0.4, 0.5) is 4.79 Å². The number of rotatable bonds is 20. The molecular formula is C57H65ClN2O8. The number of aliphatic hydroxyl groups excluding tert-OH is 2. The Balaban J connectivity index is 1.33. The molecule has 6 unspecified atom stereocenters. The summed E-state index contributed by atoms with van der Waals surface area (Å²) < 4.78 is 27.3. The number of fused-ring (bicyclic) bond motifs is 3. The van der Waals surface area contributed by atoms with Crippen molar-refractivity contribution in [1.82, 2.24) is 4.90 Å². The molecule has 0 aromatic heterocycles. The van der Waals surface area contributed by atoms with Crippen molar-refractivity contribution in [2.45, 2.75) is 95.6 Å². The van der Waals surface area contributed by atoms with E-state index in [-0.39, 0.29) is 63.0 Å². The van der Waals surface area contributed by atoms with Crippen LogP contribution < -0.4 is 9.47 Å². The number of carbonyl (C=O) groups is 1. The quantitative estimate of drug-likeness (QED) is 0.0343. The molecule has 1 amide bonds. The van der Waals surface area contributed by atoms with Gasteiger partial charge in [0, 0.05) is 31.1 Å². The predicted molar refractivity (Wildman–Crippen MR) is 269 cm³/mol. The van der Waals surface area contributed by atoms with Gasteiger partial charge in [0.1, 0.15) is 35.5 Å². The number of halogens is 1. The van der Waals surface area contributed by atoms with Gasteiger partial charge >= 0.3 is 6.09 Å². The first kappa shape index (κ1) is 48.8. The maximum Gasteiger partial charge on any atom is 0.410 e. The van der Waals surface area contributed by atoms with Crippen molar-refractivity contribution in [1.29, 1.82) is 0 Å². The summed E-state index contributed by atoms with van der Waals surface area (Å²) in [6.45, 7) is 10.5. The molecule has 2 aliphatic carbocycles. The monoisotopic (exact) mass is 940 g/mol. The number of hydrogen-bond donors (Lipinski definition) is 2. The third kappa shape index (κ3) is 10.8. The van der Waals surface area contributed by atoms with E-state index in [4.69, 9.17) is 40.5 Å². The number of ether oxygens (including phenoxy) is 4. The van der Waals surface area contributed by atoms with E-state index < -0.39 is 29.4 Å². The molecule has 5 aromatic carbocycles. The Kier molecular flexibility index (Phi) is 15.9. The summed E-state index contributed by atoms with van der Waals surface area (Å²) in [6.07, 6.45) is 8.29. The normalized spacial score (nSPS) is 22.4. The second-order valence-corrected chi connectivity index (χ2v) is 19.4. The zero-order valence-electron chi connectivity index (χ0n) is 39.5. The second-order valence-electron chi connectivity index (χ2n) is 19.0. The highest BCUT2D eigenvalue weighted by Gasteiger charge is 2.66. The number of hydrogen-bond acceptors (Lipinski definition) is 9. The minimum Gasteiger partial charge on any atom is -0.459 e. The topological polar surface area (TPSA) is 119 Å². The van der Waals surface area contributed by atoms with Crippen molar-refractivity contribution in [3.05, 3.63) is 151 Å². The summed E-state index contributed by atoms with van der Waals surface area (Å²) in [5.74, 6) is -0.0498. The molecule has 8 rings (SSSR count). The molecule has 358 valence electrons. The van der Waals surface area contributed by atoms with Gasteiger partial charge in [0.05, 0.1) is 30.7 Å². The molecule has 1 saturated carbocycles. The van der Waals surface area contributed by atoms with Crippen molar-refractivity contribution in [2.75, 3.05) is 32.3 Å². The van der Waals surface area contributed by atoms with Crippen molar-refractivity contribution in [3.63, 3.8) is 0 Å². The number of oxime groups is 1. The lowest BCUT2D eigenvalue weighted by Gasteiger charge is -2.60. The molecule has 2 N–H and O–H groups in total. The highest BCUT2D eigenvalue weighted by Crippen LogP contribution is 2.62. The van der Waals surface area contributed by atoms with E-state index in [1.807, 2.05) is 87.5 Å². The van der Waals surface area contributed by atoms with Gasteiger partial charge in [-0.1, -0.05) is 115 Å². The molecule has 0 bridgehead atoms. The number of aliphatic hydroxyl groups is 2. The van der Waals surface area contributed by atoms with Crippen LogP contribution in [0.15, 0.2) is 145 Å². The maximum absolute atomic E-state index is 14.9. The van der Waals surface area contributed by atoms with Crippen molar-refractivity contribution < 1.29 is 38.8 Å². The second kappa shape index (κ2) is 22.2. The molecule has 5 aromatic rings. The summed E-state index contributed by atoms with van der Waals surface area (Å²) in [5, 5.41) is 27.2. The summed E-state index contributed by atoms with van der Waals surface area (Å²) >= 11 is 6.19. The third-order valence-corrected chi connectivity index (χ3v) is 13.6. The molecular weight excluding hydrogens is 876 g/mol. The van der Waals surface area contributed by atoms with Gasteiger partial charge in [0.2, 0.25) is 5.79 Å². The maximum atomic E-state index is 14.9. The van der Waals surface area contributed by atoms with Gasteiger partial charge in [-0.25, -0.2) is 4.79 Å². The molecule has 3 aliphatic rings. The average molecular weight is 942 g/mol. The minimum absolute atomic E-state index is 0.00878. The van der Waals surface area contributed by atoms with Crippen molar-refractivity contribution in [2.24, 2.45) is 22.9 Å². The highest BCUT2D eigenvalue weighted by atomic mass is 35.5. The Morgan fingerprint density at radius 1 is 0.882 bits per heavy atom. The van der Waals surface area contributed by atoms with Crippen molar-refractivity contribution >= 4 is 34.2 Å². The van der Waals surface area contributed by atoms with Crippen LogP contribution in [0.2, 0.25) is 0 Å². The zero-order chi connectivity index (χ0) is 47.7. The number of carbonyl (C=O) groups excluding carboxylic acids is 1. The molecule has 6 atom stereocenters. The number of alkyl halides is 1. The Hall–Kier alpha value is -5.65. The lowest BCUT2D eigenvalue weighted by atomic mass is 9.55. The van der Waals surface area contributed by atoms with E-state index in [1.54, 1.807) is 11.0 Å². The summed E-state index contributed by atoms with van der Waals surface area (Å²) in [7, 11) is 0. The molecule has 1 fully saturated rings. The molecule has 11 heteroatoms. The Morgan fingerprint density at radius 2 is 1.59 bits per heavy atom. The van der Waals surface area contributed by atoms with Gasteiger partial charge in [-0.15, -0.1) is 18.2 Å². The van der Waals surface area contributed by atoms with Crippen LogP contribution in [0.1, 0.15) is 82.8 Å². The van der Waals surface area contributed by atoms with Gasteiger partial charge in [0.25, 0.3) is 0 Å². The van der Waals surface area contributed by atoms with E-state index in [2.05, 4.69) is 61.2 Å². The zero-order valence-corrected chi connectivity index (χ0v) is 40.3. The molecule has 1 heterocycles. The van der Waals surface area contributed by atoms with Crippen LogP contribution in [-0.4, -0.2) is 76.7 Å². The minimum atomic E-state index is -1.48. The molecule has 0 spiro atoms. The van der Waals surface area contributed by atoms with E-state index in [9.17, 15) is 15.0 Å². The van der Waals surface area contributed by atoms with Crippen LogP contribution in [0.5, 0.6) is 17.2 Å². The van der Waals surface area contributed by atoms with E-state index in [0.29, 0.717) is 35.8 Å². The van der Waals surface area contributed by atoms with Gasteiger partial charge in [-0.05, 0) is 122 Å².